The molecule has 15 heavy (non-hydrogen) atoms. The lowest BCUT2D eigenvalue weighted by Crippen LogP contribution is -2.40. The molecule has 0 aliphatic heterocycles. The molecule has 1 aliphatic rings. The monoisotopic (exact) mass is 205 g/mol. The second kappa shape index (κ2) is 5.32. The van der Waals surface area contributed by atoms with Crippen LogP contribution in [-0.2, 0) is 0 Å². The van der Waals surface area contributed by atoms with Crippen molar-refractivity contribution >= 4 is 0 Å². The average Bonchev–Trinajstić information content (AvgIpc) is 2.40. The smallest absolute Gasteiger partial charge is 0.0409 e. The minimum atomic E-state index is -0.156. The van der Waals surface area contributed by atoms with E-state index in [-0.39, 0.29) is 5.54 Å². The Bertz CT molecular complexity index is 265. The molecule has 1 saturated carbocycles. The van der Waals surface area contributed by atoms with Crippen molar-refractivity contribution in [3.63, 3.8) is 0 Å². The topological polar surface area (TPSA) is 26.0 Å². The number of hydrogen-bond acceptors (Lipinski definition) is 1. The predicted molar refractivity (Wildman–Crippen MR) is 67.7 cm³/mol. The molecule has 0 aromatic rings. The fourth-order valence-corrected chi connectivity index (χ4v) is 2.32. The third kappa shape index (κ3) is 3.35. The van der Waals surface area contributed by atoms with Gasteiger partial charge < -0.3 is 5.73 Å². The molecule has 1 aliphatic carbocycles. The van der Waals surface area contributed by atoms with Gasteiger partial charge in [-0.2, -0.15) is 0 Å². The van der Waals surface area contributed by atoms with E-state index in [1.807, 2.05) is 13.0 Å². The Morgan fingerprint density at radius 2 is 1.73 bits per heavy atom. The van der Waals surface area contributed by atoms with Crippen molar-refractivity contribution < 1.29 is 0 Å². The van der Waals surface area contributed by atoms with E-state index >= 15 is 0 Å². The molecule has 1 rings (SSSR count). The van der Waals surface area contributed by atoms with Gasteiger partial charge in [0.1, 0.15) is 0 Å². The lowest BCUT2D eigenvalue weighted by molar-refractivity contribution is 0.443. The van der Waals surface area contributed by atoms with E-state index in [0.29, 0.717) is 0 Å². The standard InChI is InChI=1S/C14H23N/c1-4-13(11-12(2)3)14(15)9-7-5-6-8-10-14/h4,11H,1-2,5-10,15H2,3H3/b13-11+. The first kappa shape index (κ1) is 12.3. The van der Waals surface area contributed by atoms with Gasteiger partial charge in [-0.15, -0.1) is 0 Å². The van der Waals surface area contributed by atoms with Crippen molar-refractivity contribution in [1.82, 2.24) is 0 Å². The summed E-state index contributed by atoms with van der Waals surface area (Å²) in [5, 5.41) is 0. The third-order valence-electron chi connectivity index (χ3n) is 3.19. The van der Waals surface area contributed by atoms with Gasteiger partial charge in [0.15, 0.2) is 0 Å². The first-order chi connectivity index (χ1) is 7.08. The van der Waals surface area contributed by atoms with Crippen LogP contribution in [0.2, 0.25) is 0 Å². The summed E-state index contributed by atoms with van der Waals surface area (Å²) in [6, 6.07) is 0. The summed E-state index contributed by atoms with van der Waals surface area (Å²) < 4.78 is 0. The van der Waals surface area contributed by atoms with Crippen molar-refractivity contribution in [2.24, 2.45) is 5.73 Å². The van der Waals surface area contributed by atoms with Crippen LogP contribution >= 0.6 is 0 Å². The van der Waals surface area contributed by atoms with Crippen molar-refractivity contribution in [1.29, 1.82) is 0 Å². The first-order valence-electron chi connectivity index (χ1n) is 5.87. The molecule has 0 atom stereocenters. The largest absolute Gasteiger partial charge is 0.321 e. The minimum absolute atomic E-state index is 0.156. The Hall–Kier alpha value is -0.820. The maximum Gasteiger partial charge on any atom is 0.0409 e. The SMILES string of the molecule is C=C/C(=C\C(=C)C)C1(N)CCCCCC1. The Morgan fingerprint density at radius 3 is 2.13 bits per heavy atom. The van der Waals surface area contributed by atoms with Crippen molar-refractivity contribution in [2.75, 3.05) is 0 Å². The lowest BCUT2D eigenvalue weighted by atomic mass is 9.82. The number of rotatable bonds is 3. The van der Waals surface area contributed by atoms with Crippen molar-refractivity contribution in [2.45, 2.75) is 51.0 Å². The Labute approximate surface area is 93.7 Å². The van der Waals surface area contributed by atoms with Crippen LogP contribution in [0, 0.1) is 0 Å². The predicted octanol–water partition coefficient (Wildman–Crippen LogP) is 3.73. The molecule has 1 fully saturated rings. The molecule has 0 unspecified atom stereocenters. The van der Waals surface area contributed by atoms with Gasteiger partial charge >= 0.3 is 0 Å². The van der Waals surface area contributed by atoms with E-state index in [0.717, 1.165) is 24.0 Å². The second-order valence-corrected chi connectivity index (χ2v) is 4.72. The zero-order valence-corrected chi connectivity index (χ0v) is 9.89. The zero-order valence-electron chi connectivity index (χ0n) is 9.89. The second-order valence-electron chi connectivity index (χ2n) is 4.72. The van der Waals surface area contributed by atoms with Crippen LogP contribution in [-0.4, -0.2) is 5.54 Å². The van der Waals surface area contributed by atoms with E-state index < -0.39 is 0 Å². The van der Waals surface area contributed by atoms with Gasteiger partial charge in [-0.1, -0.05) is 56.6 Å². The highest BCUT2D eigenvalue weighted by molar-refractivity contribution is 5.35. The number of allylic oxidation sites excluding steroid dienone is 2. The molecule has 0 saturated heterocycles. The Balaban J connectivity index is 2.88. The fourth-order valence-electron chi connectivity index (χ4n) is 2.32. The molecule has 0 aromatic heterocycles. The third-order valence-corrected chi connectivity index (χ3v) is 3.19. The normalized spacial score (nSPS) is 21.9. The molecule has 0 spiro atoms. The van der Waals surface area contributed by atoms with Crippen LogP contribution in [0.4, 0.5) is 0 Å². The molecule has 0 aromatic carbocycles. The summed E-state index contributed by atoms with van der Waals surface area (Å²) in [5.41, 5.74) is 8.54. The molecule has 84 valence electrons. The molecule has 0 heterocycles. The molecule has 0 bridgehead atoms. The average molecular weight is 205 g/mol. The highest BCUT2D eigenvalue weighted by Gasteiger charge is 2.28. The maximum absolute atomic E-state index is 6.48. The summed E-state index contributed by atoms with van der Waals surface area (Å²) in [5.74, 6) is 0. The van der Waals surface area contributed by atoms with Crippen LogP contribution in [0.15, 0.2) is 36.5 Å². The van der Waals surface area contributed by atoms with Gasteiger partial charge in [0.25, 0.3) is 0 Å². The Morgan fingerprint density at radius 1 is 1.20 bits per heavy atom. The summed E-state index contributed by atoms with van der Waals surface area (Å²) in [4.78, 5) is 0. The Kier molecular flexibility index (Phi) is 4.34. The molecule has 0 amide bonds. The molecule has 2 N–H and O–H groups in total. The number of nitrogens with two attached hydrogens (primary N) is 1. The van der Waals surface area contributed by atoms with Gasteiger partial charge in [-0.25, -0.2) is 0 Å². The van der Waals surface area contributed by atoms with Crippen LogP contribution in [0.1, 0.15) is 45.4 Å². The van der Waals surface area contributed by atoms with Gasteiger partial charge in [-0.3, -0.25) is 0 Å². The molecular formula is C14H23N. The molecule has 0 radical (unpaired) electrons. The van der Waals surface area contributed by atoms with Crippen LogP contribution in [0.5, 0.6) is 0 Å². The summed E-state index contributed by atoms with van der Waals surface area (Å²) in [6.45, 7) is 9.79. The van der Waals surface area contributed by atoms with E-state index in [9.17, 15) is 0 Å². The fraction of sp³-hybridized carbons (Fsp3) is 0.571. The van der Waals surface area contributed by atoms with Gasteiger partial charge in [-0.05, 0) is 25.3 Å². The molecule has 1 heteroatoms. The number of hydrogen-bond donors (Lipinski definition) is 1. The molecule has 1 nitrogen and oxygen atoms in total. The molecular weight excluding hydrogens is 182 g/mol. The van der Waals surface area contributed by atoms with E-state index in [2.05, 4.69) is 19.2 Å². The first-order valence-corrected chi connectivity index (χ1v) is 5.87. The highest BCUT2D eigenvalue weighted by Crippen LogP contribution is 2.31. The van der Waals surface area contributed by atoms with E-state index in [1.54, 1.807) is 0 Å². The quantitative estimate of drug-likeness (QED) is 0.551. The van der Waals surface area contributed by atoms with Gasteiger partial charge in [0.2, 0.25) is 0 Å². The van der Waals surface area contributed by atoms with Gasteiger partial charge in [0, 0.05) is 5.54 Å². The summed E-state index contributed by atoms with van der Waals surface area (Å²) in [7, 11) is 0. The summed E-state index contributed by atoms with van der Waals surface area (Å²) >= 11 is 0. The summed E-state index contributed by atoms with van der Waals surface area (Å²) in [6.07, 6.45) is 11.2. The highest BCUT2D eigenvalue weighted by atomic mass is 14.7. The van der Waals surface area contributed by atoms with Gasteiger partial charge in [0.05, 0.1) is 0 Å². The van der Waals surface area contributed by atoms with Crippen molar-refractivity contribution in [3.8, 4) is 0 Å². The van der Waals surface area contributed by atoms with Crippen LogP contribution in [0.25, 0.3) is 0 Å². The van der Waals surface area contributed by atoms with Crippen LogP contribution in [0.3, 0.4) is 0 Å². The van der Waals surface area contributed by atoms with Crippen LogP contribution < -0.4 is 5.73 Å². The lowest BCUT2D eigenvalue weighted by Gasteiger charge is -2.29. The minimum Gasteiger partial charge on any atom is -0.321 e. The maximum atomic E-state index is 6.48. The van der Waals surface area contributed by atoms with E-state index in [1.165, 1.54) is 25.7 Å². The zero-order chi connectivity index (χ0) is 11.3. The van der Waals surface area contributed by atoms with Crippen molar-refractivity contribution in [3.05, 3.63) is 36.5 Å². The van der Waals surface area contributed by atoms with E-state index in [4.69, 9.17) is 5.73 Å².